The van der Waals surface area contributed by atoms with Crippen LogP contribution in [0.15, 0.2) is 54.9 Å². The highest BCUT2D eigenvalue weighted by molar-refractivity contribution is 5.94. The van der Waals surface area contributed by atoms with Crippen LogP contribution in [0.2, 0.25) is 0 Å². The van der Waals surface area contributed by atoms with Gasteiger partial charge in [0.15, 0.2) is 0 Å². The molecule has 0 bridgehead atoms. The Morgan fingerprint density at radius 3 is 2.42 bits per heavy atom. The lowest BCUT2D eigenvalue weighted by Crippen LogP contribution is -2.36. The maximum absolute atomic E-state index is 12.2. The van der Waals surface area contributed by atoms with Crippen LogP contribution in [0.1, 0.15) is 24.2 Å². The van der Waals surface area contributed by atoms with E-state index in [-0.39, 0.29) is 17.7 Å². The Balaban J connectivity index is 1.60. The largest absolute Gasteiger partial charge is 0.354 e. The molecule has 1 heterocycles. The molecule has 6 heteroatoms. The van der Waals surface area contributed by atoms with Crippen molar-refractivity contribution in [1.82, 2.24) is 20.2 Å². The normalized spacial score (nSPS) is 10.9. The topological polar surface area (TPSA) is 76.0 Å². The number of nitrogens with one attached hydrogen (secondary N) is 2. The number of carbonyl (C=O) groups is 2. The van der Waals surface area contributed by atoms with Crippen LogP contribution in [0.3, 0.4) is 0 Å². The smallest absolute Gasteiger partial charge is 0.251 e. The fourth-order valence-corrected chi connectivity index (χ4v) is 2.61. The number of hydrogen-bond acceptors (Lipinski definition) is 3. The lowest BCUT2D eigenvalue weighted by molar-refractivity contribution is -0.123. The summed E-state index contributed by atoms with van der Waals surface area (Å²) in [7, 11) is 0. The predicted octanol–water partition coefficient (Wildman–Crippen LogP) is 2.53. The Morgan fingerprint density at radius 1 is 1.00 bits per heavy atom. The number of imidazole rings is 1. The van der Waals surface area contributed by atoms with Gasteiger partial charge in [-0.2, -0.15) is 0 Å². The molecule has 3 aromatic rings. The first-order chi connectivity index (χ1) is 12.6. The summed E-state index contributed by atoms with van der Waals surface area (Å²) < 4.78 is 1.98. The molecule has 0 aliphatic heterocycles. The van der Waals surface area contributed by atoms with Gasteiger partial charge in [-0.3, -0.25) is 14.2 Å². The summed E-state index contributed by atoms with van der Waals surface area (Å²) >= 11 is 0. The summed E-state index contributed by atoms with van der Waals surface area (Å²) in [5.41, 5.74) is 3.47. The van der Waals surface area contributed by atoms with Crippen LogP contribution in [0, 0.1) is 5.92 Å². The van der Waals surface area contributed by atoms with Crippen molar-refractivity contribution >= 4 is 22.8 Å². The Hall–Kier alpha value is -3.15. The molecular formula is C20H22N4O2. The van der Waals surface area contributed by atoms with Gasteiger partial charge in [-0.25, -0.2) is 4.98 Å². The maximum atomic E-state index is 12.2. The number of rotatable bonds is 6. The highest BCUT2D eigenvalue weighted by Crippen LogP contribution is 2.18. The van der Waals surface area contributed by atoms with E-state index in [1.807, 2.05) is 54.8 Å². The summed E-state index contributed by atoms with van der Waals surface area (Å²) in [6, 6.07) is 15.3. The van der Waals surface area contributed by atoms with Gasteiger partial charge in [0.2, 0.25) is 5.91 Å². The van der Waals surface area contributed by atoms with Gasteiger partial charge in [0.1, 0.15) is 6.33 Å². The van der Waals surface area contributed by atoms with E-state index in [0.717, 1.165) is 16.7 Å². The average Bonchev–Trinajstić information content (AvgIpc) is 3.09. The molecule has 3 rings (SSSR count). The first kappa shape index (κ1) is 17.7. The molecule has 0 fully saturated rings. The number of nitrogens with zero attached hydrogens (tertiary/aromatic N) is 2. The molecule has 0 radical (unpaired) electrons. The van der Waals surface area contributed by atoms with Crippen molar-refractivity contribution in [2.24, 2.45) is 5.92 Å². The first-order valence-electron chi connectivity index (χ1n) is 8.64. The van der Waals surface area contributed by atoms with Crippen LogP contribution >= 0.6 is 0 Å². The first-order valence-corrected chi connectivity index (χ1v) is 8.64. The summed E-state index contributed by atoms with van der Waals surface area (Å²) in [6.07, 6.45) is 1.77. The van der Waals surface area contributed by atoms with Crippen molar-refractivity contribution in [3.8, 4) is 5.69 Å². The molecule has 2 amide bonds. The van der Waals surface area contributed by atoms with Crippen molar-refractivity contribution in [3.63, 3.8) is 0 Å². The second-order valence-corrected chi connectivity index (χ2v) is 6.35. The minimum atomic E-state index is -0.161. The van der Waals surface area contributed by atoms with Gasteiger partial charge >= 0.3 is 0 Å². The van der Waals surface area contributed by atoms with Crippen molar-refractivity contribution in [2.75, 3.05) is 13.1 Å². The molecule has 0 saturated carbocycles. The monoisotopic (exact) mass is 350 g/mol. The zero-order valence-corrected chi connectivity index (χ0v) is 14.9. The molecule has 134 valence electrons. The van der Waals surface area contributed by atoms with Crippen LogP contribution in [-0.2, 0) is 4.79 Å². The molecule has 0 spiro atoms. The minimum Gasteiger partial charge on any atom is -0.354 e. The molecule has 2 N–H and O–H groups in total. The van der Waals surface area contributed by atoms with Crippen LogP contribution in [0.25, 0.3) is 16.7 Å². The van der Waals surface area contributed by atoms with Gasteiger partial charge in [-0.15, -0.1) is 0 Å². The minimum absolute atomic E-state index is 0.0174. The van der Waals surface area contributed by atoms with Crippen molar-refractivity contribution < 1.29 is 9.59 Å². The third-order valence-electron chi connectivity index (χ3n) is 4.10. The van der Waals surface area contributed by atoms with Crippen LogP contribution < -0.4 is 10.6 Å². The van der Waals surface area contributed by atoms with Crippen molar-refractivity contribution in [2.45, 2.75) is 13.8 Å². The zero-order chi connectivity index (χ0) is 18.5. The zero-order valence-electron chi connectivity index (χ0n) is 14.9. The number of benzene rings is 2. The summed E-state index contributed by atoms with van der Waals surface area (Å²) in [6.45, 7) is 4.48. The number of hydrogen-bond donors (Lipinski definition) is 2. The van der Waals surface area contributed by atoms with E-state index >= 15 is 0 Å². The molecule has 0 unspecified atom stereocenters. The summed E-state index contributed by atoms with van der Waals surface area (Å²) in [4.78, 5) is 28.0. The molecule has 0 atom stereocenters. The van der Waals surface area contributed by atoms with Gasteiger partial charge in [0, 0.05) is 30.3 Å². The van der Waals surface area contributed by atoms with E-state index in [2.05, 4.69) is 15.6 Å². The molecule has 0 aliphatic carbocycles. The number of fused-ring (bicyclic) bond motifs is 1. The van der Waals surface area contributed by atoms with Gasteiger partial charge in [-0.05, 0) is 36.4 Å². The lowest BCUT2D eigenvalue weighted by atomic mass is 10.2. The molecule has 0 aliphatic rings. The third kappa shape index (κ3) is 3.91. The van der Waals surface area contributed by atoms with Crippen LogP contribution in [0.5, 0.6) is 0 Å². The van der Waals surface area contributed by atoms with E-state index < -0.39 is 0 Å². The van der Waals surface area contributed by atoms with Gasteiger partial charge in [0.05, 0.1) is 11.0 Å². The predicted molar refractivity (Wildman–Crippen MR) is 101 cm³/mol. The molecule has 0 saturated heterocycles. The molecule has 1 aromatic heterocycles. The van der Waals surface area contributed by atoms with Gasteiger partial charge < -0.3 is 10.6 Å². The van der Waals surface area contributed by atoms with E-state index in [9.17, 15) is 9.59 Å². The Bertz CT molecular complexity index is 913. The highest BCUT2D eigenvalue weighted by Gasteiger charge is 2.08. The van der Waals surface area contributed by atoms with Crippen molar-refractivity contribution in [3.05, 3.63) is 60.4 Å². The van der Waals surface area contributed by atoms with E-state index in [1.165, 1.54) is 0 Å². The standard InChI is InChI=1S/C20H22N4O2/c1-14(2)19(25)21-11-12-22-20(26)15-7-9-16(10-8-15)24-13-23-17-5-3-4-6-18(17)24/h3-10,13-14H,11-12H2,1-2H3,(H,21,25)(H,22,26). The lowest BCUT2D eigenvalue weighted by Gasteiger charge is -2.09. The quantitative estimate of drug-likeness (QED) is 0.671. The number of amides is 2. The van der Waals surface area contributed by atoms with Gasteiger partial charge in [-0.1, -0.05) is 26.0 Å². The van der Waals surface area contributed by atoms with E-state index in [0.29, 0.717) is 18.7 Å². The van der Waals surface area contributed by atoms with E-state index in [4.69, 9.17) is 0 Å². The van der Waals surface area contributed by atoms with Crippen molar-refractivity contribution in [1.29, 1.82) is 0 Å². The Kier molecular flexibility index (Phi) is 5.31. The third-order valence-corrected chi connectivity index (χ3v) is 4.10. The summed E-state index contributed by atoms with van der Waals surface area (Å²) in [5.74, 6) is -0.237. The van der Waals surface area contributed by atoms with Crippen LogP contribution in [0.4, 0.5) is 0 Å². The van der Waals surface area contributed by atoms with Crippen LogP contribution in [-0.4, -0.2) is 34.5 Å². The van der Waals surface area contributed by atoms with Gasteiger partial charge in [0.25, 0.3) is 5.91 Å². The second kappa shape index (κ2) is 7.82. The molecule has 2 aromatic carbocycles. The Labute approximate surface area is 152 Å². The Morgan fingerprint density at radius 2 is 1.69 bits per heavy atom. The fourth-order valence-electron chi connectivity index (χ4n) is 2.61. The molecule has 26 heavy (non-hydrogen) atoms. The summed E-state index contributed by atoms with van der Waals surface area (Å²) in [5, 5.41) is 5.57. The SMILES string of the molecule is CC(C)C(=O)NCCNC(=O)c1ccc(-n2cnc3ccccc32)cc1. The second-order valence-electron chi connectivity index (χ2n) is 6.35. The number of carbonyl (C=O) groups excluding carboxylic acids is 2. The fraction of sp³-hybridized carbons (Fsp3) is 0.250. The maximum Gasteiger partial charge on any atom is 0.251 e. The highest BCUT2D eigenvalue weighted by atomic mass is 16.2. The average molecular weight is 350 g/mol. The molecular weight excluding hydrogens is 328 g/mol. The molecule has 6 nitrogen and oxygen atoms in total. The number of para-hydroxylation sites is 2. The van der Waals surface area contributed by atoms with E-state index in [1.54, 1.807) is 18.5 Å². The number of aromatic nitrogens is 2.